The third kappa shape index (κ3) is 5.79. The Kier molecular flexibility index (Phi) is 7.79. The molecule has 0 aliphatic rings. The number of aromatic nitrogens is 3. The summed E-state index contributed by atoms with van der Waals surface area (Å²) in [7, 11) is 0. The van der Waals surface area contributed by atoms with Crippen LogP contribution in [0.1, 0.15) is 16.8 Å². The molecule has 0 bridgehead atoms. The summed E-state index contributed by atoms with van der Waals surface area (Å²) in [6.45, 7) is 2.10. The van der Waals surface area contributed by atoms with Gasteiger partial charge in [0.25, 0.3) is 0 Å². The van der Waals surface area contributed by atoms with Crippen LogP contribution in [0.3, 0.4) is 0 Å². The van der Waals surface area contributed by atoms with Gasteiger partial charge in [-0.2, -0.15) is 0 Å². The molecule has 0 saturated heterocycles. The van der Waals surface area contributed by atoms with Gasteiger partial charge >= 0.3 is 0 Å². The van der Waals surface area contributed by atoms with Gasteiger partial charge in [0.15, 0.2) is 5.82 Å². The number of hydrogen-bond acceptors (Lipinski definition) is 2. The average molecular weight is 654 g/mol. The molecule has 0 aliphatic carbocycles. The topological polar surface area (TPSA) is 30.7 Å². The second-order valence-electron chi connectivity index (χ2n) is 13.1. The number of aryl methyl sites for hydroxylation is 1. The Hall–Kier alpha value is -6.58. The molecule has 9 rings (SSSR count). The zero-order valence-electron chi connectivity index (χ0n) is 28.4. The van der Waals surface area contributed by atoms with E-state index in [0.29, 0.717) is 0 Å². The van der Waals surface area contributed by atoms with Crippen molar-refractivity contribution in [2.24, 2.45) is 0 Å². The lowest BCUT2D eigenvalue weighted by Crippen LogP contribution is -2.04. The van der Waals surface area contributed by atoms with Crippen molar-refractivity contribution in [3.63, 3.8) is 0 Å². The lowest BCUT2D eigenvalue weighted by Gasteiger charge is -2.15. The van der Waals surface area contributed by atoms with Crippen molar-refractivity contribution in [1.82, 2.24) is 14.5 Å². The number of hydrogen-bond donors (Lipinski definition) is 0. The van der Waals surface area contributed by atoms with Crippen molar-refractivity contribution >= 4 is 21.8 Å². The molecular weight excluding hydrogens is 619 g/mol. The maximum absolute atomic E-state index is 5.12. The Balaban J connectivity index is 1.06. The van der Waals surface area contributed by atoms with E-state index in [-0.39, 0.29) is 0 Å². The number of fused-ring (bicyclic) bond motifs is 3. The van der Waals surface area contributed by atoms with Gasteiger partial charge in [0, 0.05) is 45.3 Å². The van der Waals surface area contributed by atoms with Crippen LogP contribution in [0, 0.1) is 6.92 Å². The summed E-state index contributed by atoms with van der Waals surface area (Å²) in [5.74, 6) is 0.755. The predicted octanol–water partition coefficient (Wildman–Crippen LogP) is 12.1. The Morgan fingerprint density at radius 2 is 1.00 bits per heavy atom. The van der Waals surface area contributed by atoms with Crippen molar-refractivity contribution in [3.05, 3.63) is 199 Å². The zero-order chi connectivity index (χ0) is 34.1. The maximum Gasteiger partial charge on any atom is 0.160 e. The van der Waals surface area contributed by atoms with Crippen LogP contribution in [-0.2, 0) is 6.42 Å². The average Bonchev–Trinajstić information content (AvgIpc) is 3.53. The summed E-state index contributed by atoms with van der Waals surface area (Å²) in [6, 6.07) is 64.7. The van der Waals surface area contributed by atoms with Gasteiger partial charge in [-0.05, 0) is 65.1 Å². The molecule has 0 aliphatic heterocycles. The van der Waals surface area contributed by atoms with Gasteiger partial charge in [-0.25, -0.2) is 9.97 Å². The first-order valence-corrected chi connectivity index (χ1v) is 17.5. The van der Waals surface area contributed by atoms with Crippen LogP contribution in [0.4, 0.5) is 0 Å². The molecule has 2 aromatic heterocycles. The third-order valence-corrected chi connectivity index (χ3v) is 9.85. The largest absolute Gasteiger partial charge is 0.309 e. The number of nitrogens with zero attached hydrogens (tertiary/aromatic N) is 3. The van der Waals surface area contributed by atoms with Gasteiger partial charge in [-0.3, -0.25) is 0 Å². The molecule has 0 saturated carbocycles. The first kappa shape index (κ1) is 30.5. The molecule has 9 aromatic rings. The van der Waals surface area contributed by atoms with E-state index in [2.05, 4.69) is 169 Å². The predicted molar refractivity (Wildman–Crippen MR) is 212 cm³/mol. The molecule has 0 N–H and O–H groups in total. The van der Waals surface area contributed by atoms with Gasteiger partial charge in [0.05, 0.1) is 16.7 Å². The van der Waals surface area contributed by atoms with E-state index in [4.69, 9.17) is 9.97 Å². The maximum atomic E-state index is 5.12. The molecule has 7 aromatic carbocycles. The van der Waals surface area contributed by atoms with Crippen molar-refractivity contribution in [3.8, 4) is 50.6 Å². The fourth-order valence-electron chi connectivity index (χ4n) is 7.26. The van der Waals surface area contributed by atoms with Gasteiger partial charge in [-0.1, -0.05) is 152 Å². The van der Waals surface area contributed by atoms with E-state index in [1.807, 2.05) is 24.3 Å². The number of para-hydroxylation sites is 1. The van der Waals surface area contributed by atoms with Crippen LogP contribution < -0.4 is 0 Å². The summed E-state index contributed by atoms with van der Waals surface area (Å²) in [5.41, 5.74) is 14.9. The fraction of sp³-hybridized carbons (Fsp3) is 0.0417. The van der Waals surface area contributed by atoms with Crippen molar-refractivity contribution < 1.29 is 0 Å². The first-order chi connectivity index (χ1) is 25.2. The summed E-state index contributed by atoms with van der Waals surface area (Å²) >= 11 is 0. The summed E-state index contributed by atoms with van der Waals surface area (Å²) in [6.07, 6.45) is 0.748. The molecular formula is C48H35N3. The SMILES string of the molecule is Cc1nc(-c2ccccc2)nc(-c2ccccc2)c1Cc1ccc(-c2cccc(-n3c4ccccc4c4cc(-c5ccccc5)ccc43)c2)cc1. The van der Waals surface area contributed by atoms with E-state index in [1.54, 1.807) is 0 Å². The molecule has 0 fully saturated rings. The minimum Gasteiger partial charge on any atom is -0.309 e. The lowest BCUT2D eigenvalue weighted by atomic mass is 9.96. The van der Waals surface area contributed by atoms with E-state index in [1.165, 1.54) is 49.6 Å². The standard InChI is InChI=1S/C48H35N3/c1-33-43(47(37-16-7-3-8-17-37)50-48(49-33)38-18-9-4-10-19-38)30-34-24-26-36(27-25-34)39-20-13-21-41(31-39)51-45-23-12-11-22-42(45)44-32-40(28-29-46(44)51)35-14-5-2-6-15-35/h2-29,31-32H,30H2,1H3. The summed E-state index contributed by atoms with van der Waals surface area (Å²) in [4.78, 5) is 10.1. The van der Waals surface area contributed by atoms with Gasteiger partial charge < -0.3 is 4.57 Å². The number of benzene rings is 7. The van der Waals surface area contributed by atoms with Crippen molar-refractivity contribution in [2.45, 2.75) is 13.3 Å². The highest BCUT2D eigenvalue weighted by Crippen LogP contribution is 2.36. The molecule has 0 spiro atoms. The molecule has 0 atom stereocenters. The van der Waals surface area contributed by atoms with Crippen molar-refractivity contribution in [2.75, 3.05) is 0 Å². The molecule has 3 nitrogen and oxygen atoms in total. The second-order valence-corrected chi connectivity index (χ2v) is 13.1. The minimum absolute atomic E-state index is 0.748. The Bertz CT molecular complexity index is 2640. The minimum atomic E-state index is 0.748. The zero-order valence-corrected chi connectivity index (χ0v) is 28.4. The molecule has 0 unspecified atom stereocenters. The third-order valence-electron chi connectivity index (χ3n) is 9.85. The highest BCUT2D eigenvalue weighted by molar-refractivity contribution is 6.10. The molecule has 0 amide bonds. The van der Waals surface area contributed by atoms with Crippen LogP contribution in [-0.4, -0.2) is 14.5 Å². The summed E-state index contributed by atoms with van der Waals surface area (Å²) < 4.78 is 2.39. The van der Waals surface area contributed by atoms with Crippen LogP contribution in [0.15, 0.2) is 182 Å². The normalized spacial score (nSPS) is 11.3. The van der Waals surface area contributed by atoms with E-state index in [9.17, 15) is 0 Å². The van der Waals surface area contributed by atoms with Crippen LogP contribution in [0.5, 0.6) is 0 Å². The molecule has 51 heavy (non-hydrogen) atoms. The van der Waals surface area contributed by atoms with Crippen LogP contribution in [0.2, 0.25) is 0 Å². The Morgan fingerprint density at radius 3 is 1.75 bits per heavy atom. The van der Waals surface area contributed by atoms with Crippen LogP contribution in [0.25, 0.3) is 72.4 Å². The highest BCUT2D eigenvalue weighted by atomic mass is 15.0. The van der Waals surface area contributed by atoms with E-state index in [0.717, 1.165) is 46.0 Å². The fourth-order valence-corrected chi connectivity index (χ4v) is 7.26. The van der Waals surface area contributed by atoms with Crippen molar-refractivity contribution in [1.29, 1.82) is 0 Å². The molecule has 242 valence electrons. The smallest absolute Gasteiger partial charge is 0.160 e. The monoisotopic (exact) mass is 653 g/mol. The number of rotatable bonds is 7. The van der Waals surface area contributed by atoms with Gasteiger partial charge in [0.2, 0.25) is 0 Å². The molecule has 0 radical (unpaired) electrons. The summed E-state index contributed by atoms with van der Waals surface area (Å²) in [5, 5.41) is 2.51. The van der Waals surface area contributed by atoms with Gasteiger partial charge in [-0.15, -0.1) is 0 Å². The molecule has 2 heterocycles. The highest BCUT2D eigenvalue weighted by Gasteiger charge is 2.17. The Labute approximate surface area is 298 Å². The molecule has 3 heteroatoms. The first-order valence-electron chi connectivity index (χ1n) is 17.5. The van der Waals surface area contributed by atoms with Gasteiger partial charge in [0.1, 0.15) is 0 Å². The quantitative estimate of drug-likeness (QED) is 0.171. The van der Waals surface area contributed by atoms with Crippen LogP contribution >= 0.6 is 0 Å². The Morgan fingerprint density at radius 1 is 0.431 bits per heavy atom. The van der Waals surface area contributed by atoms with E-state index < -0.39 is 0 Å². The van der Waals surface area contributed by atoms with E-state index >= 15 is 0 Å². The lowest BCUT2D eigenvalue weighted by molar-refractivity contribution is 1.03. The second kappa shape index (κ2) is 13.0.